The molecule has 130 valence electrons. The Morgan fingerprint density at radius 3 is 2.80 bits per heavy atom. The molecule has 3 aromatic rings. The summed E-state index contributed by atoms with van der Waals surface area (Å²) in [7, 11) is 0. The largest absolute Gasteiger partial charge is 0.364 e. The van der Waals surface area contributed by atoms with Gasteiger partial charge in [0.1, 0.15) is 5.82 Å². The Kier molecular flexibility index (Phi) is 5.95. The summed E-state index contributed by atoms with van der Waals surface area (Å²) in [5, 5.41) is 6.74. The molecule has 0 aliphatic heterocycles. The van der Waals surface area contributed by atoms with Gasteiger partial charge in [0.25, 0.3) is 0 Å². The number of nitrogens with one attached hydrogen (secondary N) is 2. The predicted octanol–water partition coefficient (Wildman–Crippen LogP) is 4.77. The van der Waals surface area contributed by atoms with E-state index in [1.165, 1.54) is 10.6 Å². The van der Waals surface area contributed by atoms with Gasteiger partial charge in [-0.3, -0.25) is 0 Å². The lowest BCUT2D eigenvalue weighted by Crippen LogP contribution is -2.07. The second kappa shape index (κ2) is 8.58. The fraction of sp³-hybridized carbons (Fsp3) is 0.263. The first-order valence-electron chi connectivity index (χ1n) is 8.38. The average molecular weight is 353 g/mol. The third-order valence-corrected chi connectivity index (χ3v) is 4.56. The highest BCUT2D eigenvalue weighted by Crippen LogP contribution is 2.22. The molecule has 2 heterocycles. The van der Waals surface area contributed by atoms with E-state index in [-0.39, 0.29) is 0 Å². The van der Waals surface area contributed by atoms with E-state index in [0.29, 0.717) is 0 Å². The van der Waals surface area contributed by atoms with Crippen molar-refractivity contribution in [1.82, 2.24) is 14.5 Å². The Labute approximate surface area is 152 Å². The number of aryl methyl sites for hydroxylation is 1. The minimum atomic E-state index is 0.718. The zero-order chi connectivity index (χ0) is 17.5. The maximum Gasteiger partial charge on any atom is 0.126 e. The van der Waals surface area contributed by atoms with Gasteiger partial charge in [-0.25, -0.2) is 9.97 Å². The number of nitrogens with zero attached hydrogens (tertiary/aromatic N) is 3. The molecule has 25 heavy (non-hydrogen) atoms. The third-order valence-electron chi connectivity index (χ3n) is 3.84. The second-order valence-corrected chi connectivity index (χ2v) is 6.60. The molecule has 0 saturated carbocycles. The van der Waals surface area contributed by atoms with Crippen LogP contribution in [-0.2, 0) is 13.1 Å². The van der Waals surface area contributed by atoms with E-state index in [0.717, 1.165) is 36.7 Å². The molecule has 2 aromatic heterocycles. The first-order chi connectivity index (χ1) is 12.3. The van der Waals surface area contributed by atoms with E-state index in [1.807, 2.05) is 30.9 Å². The van der Waals surface area contributed by atoms with Crippen molar-refractivity contribution in [2.75, 3.05) is 16.9 Å². The van der Waals surface area contributed by atoms with Crippen LogP contribution >= 0.6 is 11.8 Å². The van der Waals surface area contributed by atoms with Crippen molar-refractivity contribution in [3.63, 3.8) is 0 Å². The number of anilines is 3. The molecule has 0 atom stereocenters. The molecule has 1 aromatic carbocycles. The second-order valence-electron chi connectivity index (χ2n) is 5.72. The molecule has 0 spiro atoms. The fourth-order valence-electron chi connectivity index (χ4n) is 2.56. The van der Waals surface area contributed by atoms with Gasteiger partial charge < -0.3 is 15.2 Å². The maximum absolute atomic E-state index is 4.48. The van der Waals surface area contributed by atoms with Crippen LogP contribution in [-0.4, -0.2) is 20.8 Å². The van der Waals surface area contributed by atoms with E-state index in [9.17, 15) is 0 Å². The Bertz CT molecular complexity index is 798. The van der Waals surface area contributed by atoms with Gasteiger partial charge in [0.2, 0.25) is 0 Å². The average Bonchev–Trinajstić information content (AvgIpc) is 3.09. The highest BCUT2D eigenvalue weighted by atomic mass is 32.2. The van der Waals surface area contributed by atoms with Gasteiger partial charge in [-0.2, -0.15) is 0 Å². The van der Waals surface area contributed by atoms with E-state index in [4.69, 9.17) is 0 Å². The number of aromatic nitrogens is 3. The highest BCUT2D eigenvalue weighted by Gasteiger charge is 2.02. The van der Waals surface area contributed by atoms with Gasteiger partial charge in [0.15, 0.2) is 0 Å². The molecule has 0 amide bonds. The van der Waals surface area contributed by atoms with Gasteiger partial charge in [-0.15, -0.1) is 11.8 Å². The summed E-state index contributed by atoms with van der Waals surface area (Å²) >= 11 is 1.73. The van der Waals surface area contributed by atoms with Gasteiger partial charge in [0.05, 0.1) is 30.5 Å². The van der Waals surface area contributed by atoms with E-state index >= 15 is 0 Å². The fourth-order valence-corrected chi connectivity index (χ4v) is 3.02. The number of rotatable bonds is 8. The lowest BCUT2D eigenvalue weighted by molar-refractivity contribution is 0.651. The Morgan fingerprint density at radius 1 is 1.12 bits per heavy atom. The monoisotopic (exact) mass is 353 g/mol. The van der Waals surface area contributed by atoms with Gasteiger partial charge in [0, 0.05) is 23.3 Å². The van der Waals surface area contributed by atoms with Crippen molar-refractivity contribution in [3.05, 3.63) is 60.8 Å². The highest BCUT2D eigenvalue weighted by molar-refractivity contribution is 7.98. The smallest absolute Gasteiger partial charge is 0.126 e. The van der Waals surface area contributed by atoms with Gasteiger partial charge in [-0.1, -0.05) is 13.0 Å². The van der Waals surface area contributed by atoms with Crippen molar-refractivity contribution in [2.24, 2.45) is 0 Å². The van der Waals surface area contributed by atoms with Crippen molar-refractivity contribution >= 4 is 29.0 Å². The van der Waals surface area contributed by atoms with Crippen molar-refractivity contribution < 1.29 is 0 Å². The standard InChI is InChI=1S/C19H23N5S/c1-3-9-24-14-20-12-17(24)13-22-19-8-7-16(11-21-19)23-15-5-4-6-18(10-15)25-2/h4-8,10-12,14,23H,3,9,13H2,1-2H3,(H,21,22). The summed E-state index contributed by atoms with van der Waals surface area (Å²) in [6, 6.07) is 12.4. The molecular weight excluding hydrogens is 330 g/mol. The number of imidazole rings is 1. The molecule has 0 aliphatic rings. The first-order valence-corrected chi connectivity index (χ1v) is 9.61. The van der Waals surface area contributed by atoms with Crippen molar-refractivity contribution in [1.29, 1.82) is 0 Å². The minimum Gasteiger partial charge on any atom is -0.364 e. The summed E-state index contributed by atoms with van der Waals surface area (Å²) in [5.41, 5.74) is 3.21. The molecule has 3 rings (SSSR count). The van der Waals surface area contributed by atoms with Crippen LogP contribution in [0.25, 0.3) is 0 Å². The molecule has 0 radical (unpaired) electrons. The van der Waals surface area contributed by atoms with Crippen LogP contribution in [0.2, 0.25) is 0 Å². The third kappa shape index (κ3) is 4.76. The minimum absolute atomic E-state index is 0.718. The van der Waals surface area contributed by atoms with Crippen LogP contribution < -0.4 is 10.6 Å². The SMILES string of the molecule is CCCn1cncc1CNc1ccc(Nc2cccc(SC)c2)cn1. The molecule has 0 unspecified atom stereocenters. The van der Waals surface area contributed by atoms with Crippen molar-refractivity contribution in [2.45, 2.75) is 31.3 Å². The van der Waals surface area contributed by atoms with Gasteiger partial charge in [-0.05, 0) is 43.0 Å². The summed E-state index contributed by atoms with van der Waals surface area (Å²) in [6.07, 6.45) is 8.80. The number of hydrogen-bond acceptors (Lipinski definition) is 5. The zero-order valence-electron chi connectivity index (χ0n) is 14.6. The van der Waals surface area contributed by atoms with Crippen LogP contribution in [0, 0.1) is 0 Å². The Hall–Kier alpha value is -2.47. The summed E-state index contributed by atoms with van der Waals surface area (Å²) < 4.78 is 2.17. The molecule has 2 N–H and O–H groups in total. The van der Waals surface area contributed by atoms with Crippen LogP contribution in [0.4, 0.5) is 17.2 Å². The number of benzene rings is 1. The Morgan fingerprint density at radius 2 is 2.04 bits per heavy atom. The summed E-state index contributed by atoms with van der Waals surface area (Å²) in [6.45, 7) is 3.87. The molecular formula is C19H23N5S. The van der Waals surface area contributed by atoms with E-state index < -0.39 is 0 Å². The molecule has 0 fully saturated rings. The predicted molar refractivity (Wildman–Crippen MR) is 106 cm³/mol. The molecule has 6 heteroatoms. The van der Waals surface area contributed by atoms with Crippen LogP contribution in [0.3, 0.4) is 0 Å². The normalized spacial score (nSPS) is 10.6. The van der Waals surface area contributed by atoms with Crippen LogP contribution in [0.15, 0.2) is 60.0 Å². The molecule has 0 aliphatic carbocycles. The van der Waals surface area contributed by atoms with Crippen LogP contribution in [0.1, 0.15) is 19.0 Å². The quantitative estimate of drug-likeness (QED) is 0.572. The number of pyridine rings is 1. The van der Waals surface area contributed by atoms with Gasteiger partial charge >= 0.3 is 0 Å². The van der Waals surface area contributed by atoms with E-state index in [1.54, 1.807) is 11.8 Å². The number of thioether (sulfide) groups is 1. The topological polar surface area (TPSA) is 54.8 Å². The molecule has 0 saturated heterocycles. The van der Waals surface area contributed by atoms with E-state index in [2.05, 4.69) is 62.6 Å². The lowest BCUT2D eigenvalue weighted by Gasteiger charge is -2.10. The molecule has 0 bridgehead atoms. The first kappa shape index (κ1) is 17.4. The maximum atomic E-state index is 4.48. The summed E-state index contributed by atoms with van der Waals surface area (Å²) in [5.74, 6) is 0.854. The Balaban J connectivity index is 1.59. The lowest BCUT2D eigenvalue weighted by atomic mass is 10.3. The zero-order valence-corrected chi connectivity index (χ0v) is 15.4. The van der Waals surface area contributed by atoms with Crippen LogP contribution in [0.5, 0.6) is 0 Å². The molecule has 5 nitrogen and oxygen atoms in total. The number of hydrogen-bond donors (Lipinski definition) is 2. The summed E-state index contributed by atoms with van der Waals surface area (Å²) in [4.78, 5) is 9.94. The van der Waals surface area contributed by atoms with Crippen molar-refractivity contribution in [3.8, 4) is 0 Å².